The van der Waals surface area contributed by atoms with Crippen molar-refractivity contribution in [1.29, 1.82) is 0 Å². The summed E-state index contributed by atoms with van der Waals surface area (Å²) in [6.07, 6.45) is 7.60. The quantitative estimate of drug-likeness (QED) is 0.494. The zero-order chi connectivity index (χ0) is 12.7. The first-order chi connectivity index (χ1) is 8.20. The lowest BCUT2D eigenvalue weighted by atomic mass is 10.2. The van der Waals surface area contributed by atoms with Gasteiger partial charge in [0, 0.05) is 19.7 Å². The van der Waals surface area contributed by atoms with Crippen molar-refractivity contribution in [1.82, 2.24) is 10.2 Å². The summed E-state index contributed by atoms with van der Waals surface area (Å²) < 4.78 is 5.05. The molecular formula is C13H22N2O2. The molecule has 0 aromatic heterocycles. The third-order valence-corrected chi connectivity index (χ3v) is 3.16. The van der Waals surface area contributed by atoms with Gasteiger partial charge in [-0.25, -0.2) is 0 Å². The number of carbonyl (C=O) groups is 1. The number of ether oxygens (including phenoxy) is 1. The lowest BCUT2D eigenvalue weighted by Gasteiger charge is -2.29. The second-order valence-electron chi connectivity index (χ2n) is 4.47. The highest BCUT2D eigenvalue weighted by Crippen LogP contribution is 2.35. The van der Waals surface area contributed by atoms with Gasteiger partial charge in [0.25, 0.3) is 0 Å². The van der Waals surface area contributed by atoms with Gasteiger partial charge in [-0.1, -0.05) is 5.92 Å². The fourth-order valence-electron chi connectivity index (χ4n) is 1.92. The molecule has 0 bridgehead atoms. The molecule has 0 spiro atoms. The van der Waals surface area contributed by atoms with E-state index in [-0.39, 0.29) is 5.91 Å². The number of nitrogens with one attached hydrogen (secondary N) is 1. The summed E-state index contributed by atoms with van der Waals surface area (Å²) in [6.45, 7) is 4.10. The molecule has 1 rings (SSSR count). The van der Waals surface area contributed by atoms with Gasteiger partial charge in [-0.2, -0.15) is 0 Å². The van der Waals surface area contributed by atoms with Gasteiger partial charge >= 0.3 is 0 Å². The summed E-state index contributed by atoms with van der Waals surface area (Å²) in [6, 6.07) is 0.310. The lowest BCUT2D eigenvalue weighted by molar-refractivity contribution is -0.133. The van der Waals surface area contributed by atoms with Crippen molar-refractivity contribution in [2.45, 2.75) is 25.8 Å². The number of terminal acetylenes is 1. The van der Waals surface area contributed by atoms with Gasteiger partial charge in [0.15, 0.2) is 0 Å². The van der Waals surface area contributed by atoms with Crippen molar-refractivity contribution >= 4 is 5.91 Å². The molecule has 1 unspecified atom stereocenters. The van der Waals surface area contributed by atoms with Gasteiger partial charge in [-0.05, 0) is 25.7 Å². The van der Waals surface area contributed by atoms with Gasteiger partial charge in [0.05, 0.1) is 19.7 Å². The van der Waals surface area contributed by atoms with Crippen LogP contribution in [0.4, 0.5) is 0 Å². The van der Waals surface area contributed by atoms with E-state index in [1.54, 1.807) is 7.11 Å². The van der Waals surface area contributed by atoms with Crippen LogP contribution >= 0.6 is 0 Å². The Bertz CT molecular complexity index is 282. The van der Waals surface area contributed by atoms with Gasteiger partial charge < -0.3 is 9.64 Å². The minimum absolute atomic E-state index is 0.108. The number of amides is 1. The number of carbonyl (C=O) groups excluding carboxylic acids is 1. The van der Waals surface area contributed by atoms with Crippen molar-refractivity contribution in [3.8, 4) is 12.3 Å². The maximum Gasteiger partial charge on any atom is 0.236 e. The van der Waals surface area contributed by atoms with E-state index >= 15 is 0 Å². The minimum atomic E-state index is 0.108. The number of hydrogen-bond acceptors (Lipinski definition) is 3. The highest BCUT2D eigenvalue weighted by molar-refractivity contribution is 5.78. The van der Waals surface area contributed by atoms with E-state index in [9.17, 15) is 4.79 Å². The van der Waals surface area contributed by atoms with E-state index in [2.05, 4.69) is 18.2 Å². The molecule has 1 aliphatic carbocycles. The summed E-state index contributed by atoms with van der Waals surface area (Å²) in [4.78, 5) is 13.9. The van der Waals surface area contributed by atoms with E-state index in [4.69, 9.17) is 11.2 Å². The van der Waals surface area contributed by atoms with Crippen LogP contribution in [0.1, 0.15) is 19.8 Å². The van der Waals surface area contributed by atoms with Crippen LogP contribution in [0.25, 0.3) is 0 Å². The number of methoxy groups -OCH3 is 1. The largest absolute Gasteiger partial charge is 0.383 e. The topological polar surface area (TPSA) is 41.6 Å². The first-order valence-corrected chi connectivity index (χ1v) is 6.13. The van der Waals surface area contributed by atoms with E-state index in [1.807, 2.05) is 4.90 Å². The van der Waals surface area contributed by atoms with Crippen molar-refractivity contribution in [3.05, 3.63) is 0 Å². The Morgan fingerprint density at radius 1 is 1.65 bits per heavy atom. The van der Waals surface area contributed by atoms with Crippen molar-refractivity contribution in [3.63, 3.8) is 0 Å². The molecular weight excluding hydrogens is 216 g/mol. The fourth-order valence-corrected chi connectivity index (χ4v) is 1.92. The van der Waals surface area contributed by atoms with E-state index in [1.165, 1.54) is 12.8 Å². The van der Waals surface area contributed by atoms with Gasteiger partial charge in [0.2, 0.25) is 5.91 Å². The average molecular weight is 238 g/mol. The highest BCUT2D eigenvalue weighted by Gasteiger charge is 2.33. The van der Waals surface area contributed by atoms with Crippen LogP contribution in [0.5, 0.6) is 0 Å². The molecule has 1 saturated carbocycles. The van der Waals surface area contributed by atoms with Crippen LogP contribution in [-0.4, -0.2) is 50.2 Å². The molecule has 0 saturated heterocycles. The van der Waals surface area contributed by atoms with Crippen LogP contribution < -0.4 is 5.32 Å². The first kappa shape index (κ1) is 14.0. The van der Waals surface area contributed by atoms with E-state index in [0.717, 1.165) is 0 Å². The molecule has 1 N–H and O–H groups in total. The maximum absolute atomic E-state index is 12.0. The molecule has 0 radical (unpaired) electrons. The molecule has 1 fully saturated rings. The van der Waals surface area contributed by atoms with Crippen molar-refractivity contribution in [2.24, 2.45) is 5.92 Å². The smallest absolute Gasteiger partial charge is 0.236 e. The SMILES string of the molecule is C#CCNCC(=O)N(CCOC)C(C)C1CC1. The molecule has 1 amide bonds. The Hall–Kier alpha value is -1.05. The van der Waals surface area contributed by atoms with Crippen LogP contribution in [0, 0.1) is 18.3 Å². The van der Waals surface area contributed by atoms with E-state index < -0.39 is 0 Å². The molecule has 4 heteroatoms. The molecule has 0 aromatic rings. The summed E-state index contributed by atoms with van der Waals surface area (Å²) in [5, 5.41) is 2.94. The van der Waals surface area contributed by atoms with Crippen LogP contribution in [0.15, 0.2) is 0 Å². The molecule has 0 heterocycles. The second kappa shape index (κ2) is 7.31. The number of rotatable bonds is 8. The number of hydrogen-bond donors (Lipinski definition) is 1. The molecule has 17 heavy (non-hydrogen) atoms. The third kappa shape index (κ3) is 4.76. The molecule has 1 atom stereocenters. The van der Waals surface area contributed by atoms with Crippen LogP contribution in [-0.2, 0) is 9.53 Å². The molecule has 4 nitrogen and oxygen atoms in total. The summed E-state index contributed by atoms with van der Waals surface area (Å²) in [5.41, 5.74) is 0. The van der Waals surface area contributed by atoms with Gasteiger partial charge in [-0.3, -0.25) is 10.1 Å². The Balaban J connectivity index is 2.42. The number of nitrogens with zero attached hydrogens (tertiary/aromatic N) is 1. The predicted octanol–water partition coefficient (Wildman–Crippen LogP) is 0.483. The first-order valence-electron chi connectivity index (χ1n) is 6.13. The summed E-state index contributed by atoms with van der Waals surface area (Å²) in [7, 11) is 1.65. The zero-order valence-corrected chi connectivity index (χ0v) is 10.7. The summed E-state index contributed by atoms with van der Waals surface area (Å²) >= 11 is 0. The second-order valence-corrected chi connectivity index (χ2v) is 4.47. The summed E-state index contributed by atoms with van der Waals surface area (Å²) in [5.74, 6) is 3.24. The standard InChI is InChI=1S/C13H22N2O2/c1-4-7-14-10-13(16)15(8-9-17-3)11(2)12-5-6-12/h1,11-12,14H,5-10H2,2-3H3. The third-order valence-electron chi connectivity index (χ3n) is 3.16. The Morgan fingerprint density at radius 3 is 2.88 bits per heavy atom. The highest BCUT2D eigenvalue weighted by atomic mass is 16.5. The average Bonchev–Trinajstić information content (AvgIpc) is 3.13. The molecule has 0 aromatic carbocycles. The van der Waals surface area contributed by atoms with Crippen LogP contribution in [0.3, 0.4) is 0 Å². The Kier molecular flexibility index (Phi) is 6.03. The Labute approximate surface area is 104 Å². The van der Waals surface area contributed by atoms with Crippen LogP contribution in [0.2, 0.25) is 0 Å². The zero-order valence-electron chi connectivity index (χ0n) is 10.7. The lowest BCUT2D eigenvalue weighted by Crippen LogP contribution is -2.46. The normalized spacial score (nSPS) is 16.3. The van der Waals surface area contributed by atoms with E-state index in [0.29, 0.717) is 38.2 Å². The van der Waals surface area contributed by atoms with Crippen molar-refractivity contribution < 1.29 is 9.53 Å². The van der Waals surface area contributed by atoms with Crippen molar-refractivity contribution in [2.75, 3.05) is 33.4 Å². The van der Waals surface area contributed by atoms with Gasteiger partial charge in [-0.15, -0.1) is 6.42 Å². The maximum atomic E-state index is 12.0. The molecule has 0 aliphatic heterocycles. The molecule has 1 aliphatic rings. The monoisotopic (exact) mass is 238 g/mol. The predicted molar refractivity (Wildman–Crippen MR) is 67.5 cm³/mol. The van der Waals surface area contributed by atoms with Gasteiger partial charge in [0.1, 0.15) is 0 Å². The Morgan fingerprint density at radius 2 is 2.35 bits per heavy atom. The molecule has 96 valence electrons. The fraction of sp³-hybridized carbons (Fsp3) is 0.769. The minimum Gasteiger partial charge on any atom is -0.383 e.